The minimum Gasteiger partial charge on any atom is -0.340 e. The first-order valence-electron chi connectivity index (χ1n) is 8.38. The molecular weight excluding hydrogens is 381 g/mol. The molecule has 2 atom stereocenters. The number of nitrogens with zero attached hydrogens (tertiary/aromatic N) is 5. The van der Waals surface area contributed by atoms with Gasteiger partial charge in [0.1, 0.15) is 12.0 Å². The number of piperidine rings is 1. The van der Waals surface area contributed by atoms with Crippen molar-refractivity contribution in [1.82, 2.24) is 19.5 Å². The van der Waals surface area contributed by atoms with Crippen molar-refractivity contribution in [3.8, 4) is 0 Å². The molecule has 1 aromatic carbocycles. The lowest BCUT2D eigenvalue weighted by Crippen LogP contribution is -2.50. The fourth-order valence-corrected chi connectivity index (χ4v) is 3.30. The molecule has 3 heterocycles. The third kappa shape index (κ3) is 3.44. The Balaban J connectivity index is 1.80. The van der Waals surface area contributed by atoms with Gasteiger partial charge in [-0.2, -0.15) is 0 Å². The molecule has 1 aliphatic rings. The van der Waals surface area contributed by atoms with Gasteiger partial charge in [0.2, 0.25) is 5.95 Å². The third-order valence-electron chi connectivity index (χ3n) is 4.60. The molecule has 142 valence electrons. The molecule has 0 unspecified atom stereocenters. The Morgan fingerprint density at radius 1 is 1.19 bits per heavy atom. The van der Waals surface area contributed by atoms with Gasteiger partial charge in [0, 0.05) is 37.6 Å². The lowest BCUT2D eigenvalue weighted by atomic mass is 10.1. The highest BCUT2D eigenvalue weighted by atomic mass is 35.5. The summed E-state index contributed by atoms with van der Waals surface area (Å²) in [5.41, 5.74) is 6.53. The number of rotatable bonds is 3. The molecule has 2 aromatic heterocycles. The van der Waals surface area contributed by atoms with Gasteiger partial charge in [-0.3, -0.25) is 0 Å². The first kappa shape index (κ1) is 18.0. The summed E-state index contributed by atoms with van der Waals surface area (Å²) in [5.74, 6) is -1.10. The molecule has 1 fully saturated rings. The molecule has 0 aliphatic carbocycles. The second-order valence-electron chi connectivity index (χ2n) is 6.49. The van der Waals surface area contributed by atoms with E-state index in [1.54, 1.807) is 4.57 Å². The molecule has 6 nitrogen and oxygen atoms in total. The van der Waals surface area contributed by atoms with Crippen molar-refractivity contribution in [2.45, 2.75) is 25.2 Å². The van der Waals surface area contributed by atoms with Gasteiger partial charge in [0.05, 0.1) is 28.6 Å². The largest absolute Gasteiger partial charge is 0.340 e. The van der Waals surface area contributed by atoms with Crippen LogP contribution in [0.3, 0.4) is 0 Å². The maximum absolute atomic E-state index is 13.8. The Kier molecular flexibility index (Phi) is 4.65. The number of alkyl halides is 1. The zero-order valence-electron chi connectivity index (χ0n) is 14.1. The summed E-state index contributed by atoms with van der Waals surface area (Å²) in [6.07, 6.45) is 2.07. The molecule has 3 aromatic rings. The van der Waals surface area contributed by atoms with Crippen molar-refractivity contribution in [2.75, 3.05) is 18.0 Å². The second kappa shape index (κ2) is 6.97. The van der Waals surface area contributed by atoms with Crippen LogP contribution >= 0.6 is 11.6 Å². The zero-order chi connectivity index (χ0) is 19.1. The number of fused-ring (bicyclic) bond motifs is 1. The number of imidazole rings is 1. The van der Waals surface area contributed by atoms with Gasteiger partial charge in [0.25, 0.3) is 0 Å². The predicted molar refractivity (Wildman–Crippen MR) is 95.5 cm³/mol. The highest BCUT2D eigenvalue weighted by Gasteiger charge is 2.29. The summed E-state index contributed by atoms with van der Waals surface area (Å²) in [7, 11) is 0. The van der Waals surface area contributed by atoms with Crippen molar-refractivity contribution in [2.24, 2.45) is 5.73 Å². The van der Waals surface area contributed by atoms with E-state index in [0.717, 1.165) is 12.1 Å². The van der Waals surface area contributed by atoms with Crippen LogP contribution in [-0.2, 0) is 6.54 Å². The van der Waals surface area contributed by atoms with Gasteiger partial charge in [-0.25, -0.2) is 28.1 Å². The summed E-state index contributed by atoms with van der Waals surface area (Å²) < 4.78 is 42.9. The first-order chi connectivity index (χ1) is 12.9. The van der Waals surface area contributed by atoms with Crippen LogP contribution in [0.2, 0.25) is 5.02 Å². The fraction of sp³-hybridized carbons (Fsp3) is 0.353. The topological polar surface area (TPSA) is 72.9 Å². The predicted octanol–water partition coefficient (Wildman–Crippen LogP) is 2.68. The van der Waals surface area contributed by atoms with Gasteiger partial charge in [0.15, 0.2) is 11.6 Å². The monoisotopic (exact) mass is 396 g/mol. The van der Waals surface area contributed by atoms with Crippen molar-refractivity contribution in [3.63, 3.8) is 0 Å². The van der Waals surface area contributed by atoms with E-state index in [1.165, 1.54) is 12.4 Å². The number of nitrogens with two attached hydrogens (primary N) is 1. The van der Waals surface area contributed by atoms with E-state index in [2.05, 4.69) is 15.0 Å². The molecule has 0 saturated carbocycles. The number of aromatic nitrogens is 4. The van der Waals surface area contributed by atoms with E-state index in [-0.39, 0.29) is 25.0 Å². The van der Waals surface area contributed by atoms with Crippen LogP contribution in [0.1, 0.15) is 12.2 Å². The van der Waals surface area contributed by atoms with Gasteiger partial charge in [-0.15, -0.1) is 0 Å². The molecule has 10 heteroatoms. The minimum absolute atomic E-state index is 0.166. The van der Waals surface area contributed by atoms with Crippen LogP contribution < -0.4 is 10.6 Å². The second-order valence-corrected chi connectivity index (χ2v) is 6.92. The summed E-state index contributed by atoms with van der Waals surface area (Å²) >= 11 is 5.82. The lowest BCUT2D eigenvalue weighted by Gasteiger charge is -2.34. The Bertz CT molecular complexity index is 977. The summed E-state index contributed by atoms with van der Waals surface area (Å²) in [4.78, 5) is 14.5. The normalized spacial score (nSPS) is 20.4. The lowest BCUT2D eigenvalue weighted by molar-refractivity contribution is 0.243. The van der Waals surface area contributed by atoms with Crippen molar-refractivity contribution in [1.29, 1.82) is 0 Å². The summed E-state index contributed by atoms with van der Waals surface area (Å²) in [5, 5.41) is 0.388. The van der Waals surface area contributed by atoms with E-state index >= 15 is 0 Å². The van der Waals surface area contributed by atoms with Gasteiger partial charge < -0.3 is 15.2 Å². The zero-order valence-corrected chi connectivity index (χ0v) is 14.9. The molecule has 1 saturated heterocycles. The number of halogens is 4. The van der Waals surface area contributed by atoms with E-state index in [1.807, 2.05) is 4.90 Å². The molecule has 1 aliphatic heterocycles. The average Bonchev–Trinajstić information content (AvgIpc) is 2.97. The number of benzene rings is 1. The fourth-order valence-electron chi connectivity index (χ4n) is 3.20. The molecule has 0 bridgehead atoms. The van der Waals surface area contributed by atoms with Crippen molar-refractivity contribution >= 4 is 28.6 Å². The van der Waals surface area contributed by atoms with Crippen LogP contribution in [0.4, 0.5) is 19.1 Å². The van der Waals surface area contributed by atoms with E-state index in [4.69, 9.17) is 17.3 Å². The standard InChI is InChI=1S/C17H16ClF3N6/c18-9-5-23-16(24-6-9)8-27-15-4-12(21)11(20)3-14(15)25-17(27)26-2-1-10(19)13(22)7-26/h3-6,10,13H,1-2,7-8,22H2/t10-,13-/m1/s1. The number of hydrogen-bond acceptors (Lipinski definition) is 5. The van der Waals surface area contributed by atoms with E-state index in [0.29, 0.717) is 28.9 Å². The maximum Gasteiger partial charge on any atom is 0.207 e. The van der Waals surface area contributed by atoms with Gasteiger partial charge in [-0.1, -0.05) is 11.6 Å². The highest BCUT2D eigenvalue weighted by molar-refractivity contribution is 6.30. The van der Waals surface area contributed by atoms with Crippen LogP contribution in [0.15, 0.2) is 24.5 Å². The molecule has 27 heavy (non-hydrogen) atoms. The van der Waals surface area contributed by atoms with Crippen LogP contribution in [0, 0.1) is 11.6 Å². The summed E-state index contributed by atoms with van der Waals surface area (Å²) in [6.45, 7) is 0.806. The third-order valence-corrected chi connectivity index (χ3v) is 4.79. The smallest absolute Gasteiger partial charge is 0.207 e. The molecule has 0 radical (unpaired) electrons. The van der Waals surface area contributed by atoms with E-state index < -0.39 is 23.8 Å². The molecule has 0 spiro atoms. The molecule has 4 rings (SSSR count). The van der Waals surface area contributed by atoms with Crippen LogP contribution in [-0.4, -0.2) is 44.8 Å². The Labute approximate surface area is 157 Å². The number of anilines is 1. The summed E-state index contributed by atoms with van der Waals surface area (Å²) in [6, 6.07) is 1.46. The number of hydrogen-bond donors (Lipinski definition) is 1. The van der Waals surface area contributed by atoms with Crippen molar-refractivity contribution in [3.05, 3.63) is 47.0 Å². The molecule has 0 amide bonds. The maximum atomic E-state index is 13.8. The Morgan fingerprint density at radius 3 is 2.59 bits per heavy atom. The quantitative estimate of drug-likeness (QED) is 0.737. The van der Waals surface area contributed by atoms with Crippen LogP contribution in [0.25, 0.3) is 11.0 Å². The van der Waals surface area contributed by atoms with E-state index in [9.17, 15) is 13.2 Å². The average molecular weight is 397 g/mol. The van der Waals surface area contributed by atoms with Crippen LogP contribution in [0.5, 0.6) is 0 Å². The first-order valence-corrected chi connectivity index (χ1v) is 8.76. The Hall–Kier alpha value is -2.39. The minimum atomic E-state index is -1.09. The SMILES string of the molecule is N[C@@H]1CN(c2nc3cc(F)c(F)cc3n2Cc2ncc(Cl)cn2)CC[C@H]1F. The van der Waals surface area contributed by atoms with Gasteiger partial charge in [-0.05, 0) is 6.42 Å². The Morgan fingerprint density at radius 2 is 1.89 bits per heavy atom. The van der Waals surface area contributed by atoms with Gasteiger partial charge >= 0.3 is 0 Å². The highest BCUT2D eigenvalue weighted by Crippen LogP contribution is 2.28. The van der Waals surface area contributed by atoms with Crippen molar-refractivity contribution < 1.29 is 13.2 Å². The molecular formula is C17H16ClF3N6. The molecule has 2 N–H and O–H groups in total.